The van der Waals surface area contributed by atoms with Gasteiger partial charge in [0.2, 0.25) is 0 Å². The summed E-state index contributed by atoms with van der Waals surface area (Å²) in [4.78, 5) is 11.0. The molecule has 2 nitrogen and oxygen atoms in total. The second-order valence-corrected chi connectivity index (χ2v) is 3.81. The number of hydrogen-bond acceptors (Lipinski definition) is 2. The maximum Gasteiger partial charge on any atom is 0.146 e. The summed E-state index contributed by atoms with van der Waals surface area (Å²) in [5, 5.41) is 3.24. The van der Waals surface area contributed by atoms with E-state index in [1.54, 1.807) is 6.92 Å². The summed E-state index contributed by atoms with van der Waals surface area (Å²) in [6.07, 6.45) is 1.03. The number of carbonyl (C=O) groups is 1. The van der Waals surface area contributed by atoms with Crippen molar-refractivity contribution in [2.45, 2.75) is 33.2 Å². The standard InChI is InChI=1S/C9H17NO/c1-6(2)8-4-9(7(3)11)10-5-8/h6,8-10H,4-5H2,1-3H3. The zero-order valence-corrected chi connectivity index (χ0v) is 7.55. The lowest BCUT2D eigenvalue weighted by Gasteiger charge is -2.11. The fourth-order valence-electron chi connectivity index (χ4n) is 1.58. The van der Waals surface area contributed by atoms with Crippen LogP contribution in [-0.4, -0.2) is 18.4 Å². The summed E-state index contributed by atoms with van der Waals surface area (Å²) in [5.41, 5.74) is 0. The molecule has 2 unspecified atom stereocenters. The van der Waals surface area contributed by atoms with Crippen LogP contribution in [0, 0.1) is 11.8 Å². The Morgan fingerprint density at radius 3 is 2.45 bits per heavy atom. The molecule has 0 aromatic carbocycles. The molecule has 2 atom stereocenters. The molecule has 0 aromatic rings. The largest absolute Gasteiger partial charge is 0.307 e. The van der Waals surface area contributed by atoms with Gasteiger partial charge >= 0.3 is 0 Å². The average molecular weight is 155 g/mol. The molecule has 1 N–H and O–H groups in total. The second kappa shape index (κ2) is 3.35. The lowest BCUT2D eigenvalue weighted by atomic mass is 9.93. The molecule has 0 spiro atoms. The molecule has 1 rings (SSSR count). The molecule has 1 heterocycles. The van der Waals surface area contributed by atoms with Gasteiger partial charge in [-0.2, -0.15) is 0 Å². The molecule has 2 heteroatoms. The molecule has 1 fully saturated rings. The van der Waals surface area contributed by atoms with Gasteiger partial charge in [-0.05, 0) is 31.7 Å². The molecule has 0 radical (unpaired) electrons. The molecule has 1 aliphatic heterocycles. The van der Waals surface area contributed by atoms with Crippen molar-refractivity contribution in [2.75, 3.05) is 6.54 Å². The number of Topliss-reactive ketones (excluding diaryl/α,β-unsaturated/α-hetero) is 1. The Morgan fingerprint density at radius 1 is 1.55 bits per heavy atom. The van der Waals surface area contributed by atoms with E-state index in [1.807, 2.05) is 0 Å². The summed E-state index contributed by atoms with van der Waals surface area (Å²) < 4.78 is 0. The molecule has 0 aromatic heterocycles. The van der Waals surface area contributed by atoms with E-state index in [1.165, 1.54) is 0 Å². The van der Waals surface area contributed by atoms with Crippen LogP contribution in [-0.2, 0) is 4.79 Å². The zero-order valence-electron chi connectivity index (χ0n) is 7.55. The van der Waals surface area contributed by atoms with Gasteiger partial charge in [-0.25, -0.2) is 0 Å². The maximum atomic E-state index is 11.0. The first-order chi connectivity index (χ1) is 5.11. The maximum absolute atomic E-state index is 11.0. The molecule has 0 bridgehead atoms. The fraction of sp³-hybridized carbons (Fsp3) is 0.889. The van der Waals surface area contributed by atoms with Gasteiger partial charge in [-0.1, -0.05) is 13.8 Å². The van der Waals surface area contributed by atoms with Crippen molar-refractivity contribution in [3.8, 4) is 0 Å². The highest BCUT2D eigenvalue weighted by Crippen LogP contribution is 2.21. The van der Waals surface area contributed by atoms with Crippen LogP contribution < -0.4 is 5.32 Å². The molecule has 11 heavy (non-hydrogen) atoms. The van der Waals surface area contributed by atoms with Gasteiger partial charge < -0.3 is 5.32 Å². The van der Waals surface area contributed by atoms with E-state index >= 15 is 0 Å². The number of rotatable bonds is 2. The van der Waals surface area contributed by atoms with Gasteiger partial charge in [0.15, 0.2) is 0 Å². The number of carbonyl (C=O) groups excluding carboxylic acids is 1. The Balaban J connectivity index is 2.41. The van der Waals surface area contributed by atoms with Crippen molar-refractivity contribution in [3.63, 3.8) is 0 Å². The molecule has 1 saturated heterocycles. The van der Waals surface area contributed by atoms with Crippen molar-refractivity contribution >= 4 is 5.78 Å². The highest BCUT2D eigenvalue weighted by Gasteiger charge is 2.28. The van der Waals surface area contributed by atoms with E-state index < -0.39 is 0 Å². The smallest absolute Gasteiger partial charge is 0.146 e. The first-order valence-electron chi connectivity index (χ1n) is 4.35. The van der Waals surface area contributed by atoms with Gasteiger partial charge in [0, 0.05) is 0 Å². The average Bonchev–Trinajstić information content (AvgIpc) is 2.33. The lowest BCUT2D eigenvalue weighted by Crippen LogP contribution is -2.28. The van der Waals surface area contributed by atoms with Gasteiger partial charge in [0.05, 0.1) is 6.04 Å². The van der Waals surface area contributed by atoms with Crippen LogP contribution in [0.4, 0.5) is 0 Å². The van der Waals surface area contributed by atoms with E-state index in [-0.39, 0.29) is 11.8 Å². The molecule has 1 aliphatic rings. The Kier molecular flexibility index (Phi) is 2.66. The Hall–Kier alpha value is -0.370. The van der Waals surface area contributed by atoms with Crippen molar-refractivity contribution in [3.05, 3.63) is 0 Å². The topological polar surface area (TPSA) is 29.1 Å². The summed E-state index contributed by atoms with van der Waals surface area (Å²) >= 11 is 0. The fourth-order valence-corrected chi connectivity index (χ4v) is 1.58. The third-order valence-electron chi connectivity index (χ3n) is 2.60. The number of hydrogen-bond donors (Lipinski definition) is 1. The molecule has 0 saturated carbocycles. The second-order valence-electron chi connectivity index (χ2n) is 3.81. The third kappa shape index (κ3) is 2.03. The zero-order chi connectivity index (χ0) is 8.43. The molecule has 64 valence electrons. The highest BCUT2D eigenvalue weighted by molar-refractivity contribution is 5.81. The van der Waals surface area contributed by atoms with Gasteiger partial charge in [-0.15, -0.1) is 0 Å². The van der Waals surface area contributed by atoms with Crippen LogP contribution in [0.5, 0.6) is 0 Å². The van der Waals surface area contributed by atoms with Crippen molar-refractivity contribution in [1.29, 1.82) is 0 Å². The Morgan fingerprint density at radius 2 is 2.18 bits per heavy atom. The summed E-state index contributed by atoms with van der Waals surface area (Å²) in [6.45, 7) is 7.12. The normalized spacial score (nSPS) is 31.3. The van der Waals surface area contributed by atoms with Crippen LogP contribution in [0.15, 0.2) is 0 Å². The van der Waals surface area contributed by atoms with Gasteiger partial charge in [0.1, 0.15) is 5.78 Å². The Bertz CT molecular complexity index is 154. The van der Waals surface area contributed by atoms with Crippen molar-refractivity contribution in [1.82, 2.24) is 5.32 Å². The van der Waals surface area contributed by atoms with Crippen LogP contribution in [0.2, 0.25) is 0 Å². The molecular formula is C9H17NO. The predicted octanol–water partition coefficient (Wildman–Crippen LogP) is 1.21. The van der Waals surface area contributed by atoms with E-state index in [4.69, 9.17) is 0 Å². The summed E-state index contributed by atoms with van der Waals surface area (Å²) in [5.74, 6) is 1.68. The van der Waals surface area contributed by atoms with E-state index in [0.717, 1.165) is 13.0 Å². The summed E-state index contributed by atoms with van der Waals surface area (Å²) in [6, 6.07) is 0.141. The first-order valence-corrected chi connectivity index (χ1v) is 4.35. The van der Waals surface area contributed by atoms with E-state index in [0.29, 0.717) is 11.8 Å². The molecule has 0 aliphatic carbocycles. The monoisotopic (exact) mass is 155 g/mol. The number of ketones is 1. The highest BCUT2D eigenvalue weighted by atomic mass is 16.1. The van der Waals surface area contributed by atoms with Crippen LogP contribution in [0.25, 0.3) is 0 Å². The van der Waals surface area contributed by atoms with Crippen molar-refractivity contribution in [2.24, 2.45) is 11.8 Å². The quantitative estimate of drug-likeness (QED) is 0.649. The minimum atomic E-state index is 0.141. The van der Waals surface area contributed by atoms with Crippen LogP contribution in [0.1, 0.15) is 27.2 Å². The van der Waals surface area contributed by atoms with Gasteiger partial charge in [0.25, 0.3) is 0 Å². The minimum absolute atomic E-state index is 0.141. The first kappa shape index (κ1) is 8.72. The minimum Gasteiger partial charge on any atom is -0.307 e. The number of nitrogens with one attached hydrogen (secondary N) is 1. The lowest BCUT2D eigenvalue weighted by molar-refractivity contribution is -0.118. The molecule has 0 amide bonds. The van der Waals surface area contributed by atoms with E-state index in [9.17, 15) is 4.79 Å². The van der Waals surface area contributed by atoms with E-state index in [2.05, 4.69) is 19.2 Å². The Labute approximate surface area is 68.4 Å². The van der Waals surface area contributed by atoms with Crippen LogP contribution >= 0.6 is 0 Å². The molecular weight excluding hydrogens is 138 g/mol. The van der Waals surface area contributed by atoms with Crippen LogP contribution in [0.3, 0.4) is 0 Å². The van der Waals surface area contributed by atoms with Gasteiger partial charge in [-0.3, -0.25) is 4.79 Å². The van der Waals surface area contributed by atoms with Crippen molar-refractivity contribution < 1.29 is 4.79 Å². The summed E-state index contributed by atoms with van der Waals surface area (Å²) in [7, 11) is 0. The third-order valence-corrected chi connectivity index (χ3v) is 2.60. The predicted molar refractivity (Wildman–Crippen MR) is 45.4 cm³/mol. The SMILES string of the molecule is CC(=O)C1CC(C(C)C)CN1.